The molecule has 0 atom stereocenters. The molecular weight excluding hydrogens is 348 g/mol. The zero-order valence-corrected chi connectivity index (χ0v) is 15.1. The van der Waals surface area contributed by atoms with Crippen molar-refractivity contribution in [2.75, 3.05) is 14.2 Å². The summed E-state index contributed by atoms with van der Waals surface area (Å²) in [6, 6.07) is 13.6. The molecule has 0 spiro atoms. The van der Waals surface area contributed by atoms with Crippen molar-refractivity contribution >= 4 is 22.6 Å². The van der Waals surface area contributed by atoms with Crippen molar-refractivity contribution in [2.24, 2.45) is 5.10 Å². The lowest BCUT2D eigenvalue weighted by atomic mass is 10.1. The monoisotopic (exact) mass is 366 g/mol. The topological polar surface area (TPSA) is 90.1 Å². The first-order chi connectivity index (χ1) is 13.0. The van der Waals surface area contributed by atoms with Gasteiger partial charge in [-0.25, -0.2) is 10.2 Å². The van der Waals surface area contributed by atoms with Gasteiger partial charge < -0.3 is 13.9 Å². The third kappa shape index (κ3) is 3.82. The summed E-state index contributed by atoms with van der Waals surface area (Å²) >= 11 is 0. The minimum absolute atomic E-state index is 0.279. The number of ether oxygens (including phenoxy) is 2. The van der Waals surface area contributed by atoms with Crippen LogP contribution in [0, 0.1) is 0 Å². The number of nitrogens with zero attached hydrogens (tertiary/aromatic N) is 1. The van der Waals surface area contributed by atoms with E-state index in [0.717, 1.165) is 5.39 Å². The van der Waals surface area contributed by atoms with E-state index in [1.807, 2.05) is 12.1 Å². The number of methoxy groups -OCH3 is 2. The van der Waals surface area contributed by atoms with Gasteiger partial charge in [0.05, 0.1) is 25.5 Å². The van der Waals surface area contributed by atoms with E-state index in [0.29, 0.717) is 28.4 Å². The first-order valence-electron chi connectivity index (χ1n) is 8.13. The van der Waals surface area contributed by atoms with Crippen LogP contribution in [-0.2, 0) is 0 Å². The maximum absolute atomic E-state index is 12.3. The third-order valence-electron chi connectivity index (χ3n) is 4.00. The highest BCUT2D eigenvalue weighted by molar-refractivity contribution is 6.02. The van der Waals surface area contributed by atoms with Gasteiger partial charge in [-0.1, -0.05) is 18.2 Å². The van der Waals surface area contributed by atoms with Crippen LogP contribution in [0.1, 0.15) is 22.8 Å². The van der Waals surface area contributed by atoms with Crippen LogP contribution in [0.3, 0.4) is 0 Å². The van der Waals surface area contributed by atoms with E-state index >= 15 is 0 Å². The molecule has 0 bridgehead atoms. The molecule has 7 nitrogen and oxygen atoms in total. The van der Waals surface area contributed by atoms with Crippen molar-refractivity contribution in [2.45, 2.75) is 6.92 Å². The first-order valence-corrected chi connectivity index (χ1v) is 8.13. The maximum atomic E-state index is 12.3. The fourth-order valence-electron chi connectivity index (χ4n) is 2.55. The Balaban J connectivity index is 1.84. The van der Waals surface area contributed by atoms with Crippen LogP contribution in [0.25, 0.3) is 11.0 Å². The van der Waals surface area contributed by atoms with Crippen molar-refractivity contribution in [1.82, 2.24) is 5.43 Å². The lowest BCUT2D eigenvalue weighted by Gasteiger charge is -2.09. The Labute approximate surface area is 155 Å². The van der Waals surface area contributed by atoms with Crippen molar-refractivity contribution in [3.63, 3.8) is 0 Å². The molecule has 0 fully saturated rings. The number of benzene rings is 2. The van der Waals surface area contributed by atoms with E-state index in [1.54, 1.807) is 43.3 Å². The molecular formula is C20H18N2O5. The number of hydrogen-bond donors (Lipinski definition) is 1. The van der Waals surface area contributed by atoms with Crippen LogP contribution in [0.4, 0.5) is 0 Å². The fraction of sp³-hybridized carbons (Fsp3) is 0.150. The molecule has 138 valence electrons. The Morgan fingerprint density at radius 3 is 2.52 bits per heavy atom. The number of amides is 1. The van der Waals surface area contributed by atoms with Gasteiger partial charge in [-0.15, -0.1) is 0 Å². The van der Waals surface area contributed by atoms with Crippen LogP contribution in [0.5, 0.6) is 11.5 Å². The highest BCUT2D eigenvalue weighted by atomic mass is 16.5. The van der Waals surface area contributed by atoms with E-state index in [2.05, 4.69) is 10.5 Å². The summed E-state index contributed by atoms with van der Waals surface area (Å²) in [6.45, 7) is 1.62. The standard InChI is InChI=1S/C20H18N2O5/c1-12(15-10-13-6-4-5-7-16(13)27-20(15)24)21-22-19(23)14-8-9-17(25-2)18(11-14)26-3/h4-11H,1-3H3,(H,22,23)/b21-12-. The van der Waals surface area contributed by atoms with Crippen molar-refractivity contribution in [3.8, 4) is 11.5 Å². The average molecular weight is 366 g/mol. The van der Waals surface area contributed by atoms with Gasteiger partial charge in [-0.3, -0.25) is 4.79 Å². The lowest BCUT2D eigenvalue weighted by Crippen LogP contribution is -2.21. The van der Waals surface area contributed by atoms with Gasteiger partial charge in [0.15, 0.2) is 11.5 Å². The van der Waals surface area contributed by atoms with Crippen LogP contribution < -0.4 is 20.5 Å². The molecule has 1 N–H and O–H groups in total. The van der Waals surface area contributed by atoms with E-state index in [1.165, 1.54) is 14.2 Å². The largest absolute Gasteiger partial charge is 0.493 e. The quantitative estimate of drug-likeness (QED) is 0.426. The van der Waals surface area contributed by atoms with Gasteiger partial charge in [0.1, 0.15) is 5.58 Å². The van der Waals surface area contributed by atoms with E-state index in [9.17, 15) is 9.59 Å². The number of hydrogen-bond acceptors (Lipinski definition) is 6. The zero-order chi connectivity index (χ0) is 19.4. The molecule has 3 aromatic rings. The molecule has 0 aliphatic rings. The second kappa shape index (κ2) is 7.74. The number of fused-ring (bicyclic) bond motifs is 1. The summed E-state index contributed by atoms with van der Waals surface area (Å²) in [4.78, 5) is 24.5. The Bertz CT molecular complexity index is 1090. The highest BCUT2D eigenvalue weighted by Gasteiger charge is 2.12. The van der Waals surface area contributed by atoms with Crippen molar-refractivity contribution in [1.29, 1.82) is 0 Å². The van der Waals surface area contributed by atoms with Gasteiger partial charge in [0.25, 0.3) is 5.91 Å². The number of rotatable bonds is 5. The van der Waals surface area contributed by atoms with E-state index in [-0.39, 0.29) is 5.56 Å². The van der Waals surface area contributed by atoms with Crippen LogP contribution >= 0.6 is 0 Å². The molecule has 27 heavy (non-hydrogen) atoms. The van der Waals surface area contributed by atoms with Gasteiger partial charge in [-0.05, 0) is 37.3 Å². The van der Waals surface area contributed by atoms with E-state index in [4.69, 9.17) is 13.9 Å². The van der Waals surface area contributed by atoms with Crippen LogP contribution in [-0.4, -0.2) is 25.8 Å². The number of nitrogens with one attached hydrogen (secondary N) is 1. The molecule has 0 unspecified atom stereocenters. The van der Waals surface area contributed by atoms with Crippen molar-refractivity contribution < 1.29 is 18.7 Å². The second-order valence-corrected chi connectivity index (χ2v) is 5.69. The average Bonchev–Trinajstić information content (AvgIpc) is 2.70. The molecule has 1 aromatic heterocycles. The normalized spacial score (nSPS) is 11.3. The summed E-state index contributed by atoms with van der Waals surface area (Å²) < 4.78 is 15.6. The molecule has 0 saturated carbocycles. The van der Waals surface area contributed by atoms with E-state index < -0.39 is 11.5 Å². The minimum Gasteiger partial charge on any atom is -0.493 e. The Kier molecular flexibility index (Phi) is 5.21. The minimum atomic E-state index is -0.518. The van der Waals surface area contributed by atoms with Gasteiger partial charge in [-0.2, -0.15) is 5.10 Å². The number of hydrazone groups is 1. The Morgan fingerprint density at radius 1 is 1.04 bits per heavy atom. The van der Waals surface area contributed by atoms with Gasteiger partial charge in [0, 0.05) is 10.9 Å². The zero-order valence-electron chi connectivity index (χ0n) is 15.1. The first kappa shape index (κ1) is 18.2. The van der Waals surface area contributed by atoms with Crippen LogP contribution in [0.2, 0.25) is 0 Å². The molecule has 0 radical (unpaired) electrons. The molecule has 1 heterocycles. The predicted octanol–water partition coefficient (Wildman–Crippen LogP) is 2.96. The summed E-state index contributed by atoms with van der Waals surface area (Å²) in [6.07, 6.45) is 0. The predicted molar refractivity (Wildman–Crippen MR) is 102 cm³/mol. The molecule has 7 heteroatoms. The van der Waals surface area contributed by atoms with Crippen molar-refractivity contribution in [3.05, 3.63) is 70.1 Å². The summed E-state index contributed by atoms with van der Waals surface area (Å²) in [5, 5.41) is 4.79. The molecule has 0 saturated heterocycles. The summed E-state index contributed by atoms with van der Waals surface area (Å²) in [5.41, 5.74) is 3.37. The number of carbonyl (C=O) groups excluding carboxylic acids is 1. The molecule has 0 aliphatic carbocycles. The lowest BCUT2D eigenvalue weighted by molar-refractivity contribution is 0.0954. The fourth-order valence-corrected chi connectivity index (χ4v) is 2.55. The summed E-state index contributed by atoms with van der Waals surface area (Å²) in [7, 11) is 3.00. The highest BCUT2D eigenvalue weighted by Crippen LogP contribution is 2.27. The maximum Gasteiger partial charge on any atom is 0.345 e. The molecule has 1 amide bonds. The third-order valence-corrected chi connectivity index (χ3v) is 4.00. The number of para-hydroxylation sites is 1. The van der Waals surface area contributed by atoms with Gasteiger partial charge >= 0.3 is 5.63 Å². The SMILES string of the molecule is COc1ccc(C(=O)N/N=C(/C)c2cc3ccccc3oc2=O)cc1OC. The smallest absolute Gasteiger partial charge is 0.345 e. The number of carbonyl (C=O) groups is 1. The van der Waals surface area contributed by atoms with Crippen LogP contribution in [0.15, 0.2) is 62.8 Å². The Hall–Kier alpha value is -3.61. The summed E-state index contributed by atoms with van der Waals surface area (Å²) in [5.74, 6) is 0.504. The Morgan fingerprint density at radius 2 is 1.78 bits per heavy atom. The molecule has 3 rings (SSSR count). The molecule has 2 aromatic carbocycles. The molecule has 0 aliphatic heterocycles. The second-order valence-electron chi connectivity index (χ2n) is 5.69. The van der Waals surface area contributed by atoms with Gasteiger partial charge in [0.2, 0.25) is 0 Å².